The zero-order valence-corrected chi connectivity index (χ0v) is 17.9. The molecule has 4 rings (SSSR count). The van der Waals surface area contributed by atoms with Gasteiger partial charge in [-0.1, -0.05) is 24.1 Å². The lowest BCUT2D eigenvalue weighted by atomic mass is 10.1. The lowest BCUT2D eigenvalue weighted by Gasteiger charge is -2.18. The van der Waals surface area contributed by atoms with Crippen LogP contribution < -0.4 is 5.56 Å². The Hall–Kier alpha value is -2.25. The van der Waals surface area contributed by atoms with Gasteiger partial charge in [-0.25, -0.2) is 9.37 Å². The molecule has 152 valence electrons. The van der Waals surface area contributed by atoms with Crippen molar-refractivity contribution in [2.75, 3.05) is 7.05 Å². The Morgan fingerprint density at radius 3 is 2.90 bits per heavy atom. The molecule has 3 aromatic rings. The number of hydrogen-bond donors (Lipinski definition) is 0. The zero-order valence-electron chi connectivity index (χ0n) is 16.3. The fourth-order valence-corrected chi connectivity index (χ4v) is 5.19. The highest BCUT2D eigenvalue weighted by Crippen LogP contribution is 2.30. The van der Waals surface area contributed by atoms with E-state index in [1.807, 2.05) is 0 Å². The Kier molecular flexibility index (Phi) is 5.44. The van der Waals surface area contributed by atoms with Gasteiger partial charge in [-0.2, -0.15) is 0 Å². The van der Waals surface area contributed by atoms with Crippen LogP contribution in [-0.2, 0) is 19.5 Å². The molecule has 5 nitrogen and oxygen atoms in total. The number of halogens is 2. The van der Waals surface area contributed by atoms with Gasteiger partial charge in [0.25, 0.3) is 11.5 Å². The number of hydrogen-bond acceptors (Lipinski definition) is 4. The fourth-order valence-electron chi connectivity index (χ4n) is 3.78. The third-order valence-electron chi connectivity index (χ3n) is 5.41. The minimum atomic E-state index is -0.450. The zero-order chi connectivity index (χ0) is 20.7. The van der Waals surface area contributed by atoms with Crippen LogP contribution in [0, 0.1) is 12.7 Å². The summed E-state index contributed by atoms with van der Waals surface area (Å²) in [6, 6.07) is 4.45. The van der Waals surface area contributed by atoms with Gasteiger partial charge in [0.1, 0.15) is 16.5 Å². The second-order valence-corrected chi connectivity index (χ2v) is 8.80. The Morgan fingerprint density at radius 2 is 2.14 bits per heavy atom. The second kappa shape index (κ2) is 7.88. The Labute approximate surface area is 176 Å². The molecule has 1 aromatic carbocycles. The van der Waals surface area contributed by atoms with Crippen molar-refractivity contribution in [1.82, 2.24) is 14.5 Å². The molecule has 0 aliphatic carbocycles. The topological polar surface area (TPSA) is 55.2 Å². The Balaban J connectivity index is 1.72. The fraction of sp³-hybridized carbons (Fsp3) is 0.381. The standard InChI is InChI=1S/C21H21ClFN3O2S/c1-12-17-19(24-16-9-4-3-5-10-26(16)20(17)27)29-18(12)21(28)25(2)11-13-14(22)7-6-8-15(13)23/h6-8H,3-5,9-11H2,1-2H3. The molecule has 1 aliphatic heterocycles. The van der Waals surface area contributed by atoms with Gasteiger partial charge in [-0.15, -0.1) is 11.3 Å². The van der Waals surface area contributed by atoms with Crippen molar-refractivity contribution in [1.29, 1.82) is 0 Å². The second-order valence-electron chi connectivity index (χ2n) is 7.39. The van der Waals surface area contributed by atoms with Gasteiger partial charge in [-0.05, 0) is 37.5 Å². The van der Waals surface area contributed by atoms with E-state index in [2.05, 4.69) is 0 Å². The number of benzene rings is 1. The van der Waals surface area contributed by atoms with Crippen molar-refractivity contribution in [2.45, 2.75) is 45.7 Å². The van der Waals surface area contributed by atoms with Crippen LogP contribution in [0.25, 0.3) is 10.2 Å². The van der Waals surface area contributed by atoms with Crippen molar-refractivity contribution >= 4 is 39.1 Å². The molecule has 3 heterocycles. The largest absolute Gasteiger partial charge is 0.337 e. The van der Waals surface area contributed by atoms with Crippen LogP contribution >= 0.6 is 22.9 Å². The molecule has 0 saturated heterocycles. The van der Waals surface area contributed by atoms with E-state index in [1.54, 1.807) is 24.6 Å². The van der Waals surface area contributed by atoms with E-state index in [-0.39, 0.29) is 28.6 Å². The number of rotatable bonds is 3. The first-order valence-corrected chi connectivity index (χ1v) is 10.8. The number of fused-ring (bicyclic) bond motifs is 2. The van der Waals surface area contributed by atoms with E-state index in [0.717, 1.165) is 31.5 Å². The van der Waals surface area contributed by atoms with Crippen molar-refractivity contribution in [3.8, 4) is 0 Å². The molecule has 0 radical (unpaired) electrons. The van der Waals surface area contributed by atoms with Crippen LogP contribution in [0.2, 0.25) is 5.02 Å². The van der Waals surface area contributed by atoms with Crippen LogP contribution in [0.5, 0.6) is 0 Å². The van der Waals surface area contributed by atoms with Gasteiger partial charge in [0.2, 0.25) is 0 Å². The molecular weight excluding hydrogens is 413 g/mol. The van der Waals surface area contributed by atoms with Crippen LogP contribution in [0.1, 0.15) is 45.9 Å². The lowest BCUT2D eigenvalue weighted by Crippen LogP contribution is -2.27. The van der Waals surface area contributed by atoms with E-state index >= 15 is 0 Å². The van der Waals surface area contributed by atoms with Crippen molar-refractivity contribution in [2.24, 2.45) is 0 Å². The summed E-state index contributed by atoms with van der Waals surface area (Å²) in [6.45, 7) is 2.49. The van der Waals surface area contributed by atoms with Gasteiger partial charge < -0.3 is 4.90 Å². The number of carbonyl (C=O) groups is 1. The van der Waals surface area contributed by atoms with E-state index in [9.17, 15) is 14.0 Å². The molecule has 0 saturated carbocycles. The predicted octanol–water partition coefficient (Wildman–Crippen LogP) is 4.56. The minimum absolute atomic E-state index is 0.0426. The van der Waals surface area contributed by atoms with Gasteiger partial charge in [-0.3, -0.25) is 14.2 Å². The molecule has 1 aliphatic rings. The smallest absolute Gasteiger partial charge is 0.264 e. The molecule has 1 amide bonds. The Bertz CT molecular complexity index is 1150. The van der Waals surface area contributed by atoms with Crippen LogP contribution in [0.15, 0.2) is 23.0 Å². The summed E-state index contributed by atoms with van der Waals surface area (Å²) < 4.78 is 15.9. The van der Waals surface area contributed by atoms with Gasteiger partial charge in [0.15, 0.2) is 0 Å². The highest BCUT2D eigenvalue weighted by molar-refractivity contribution is 7.20. The molecule has 29 heavy (non-hydrogen) atoms. The SMILES string of the molecule is Cc1c(C(=O)N(C)Cc2c(F)cccc2Cl)sc2nc3n(c(=O)c12)CCCCC3. The van der Waals surface area contributed by atoms with Crippen LogP contribution in [0.3, 0.4) is 0 Å². The number of amides is 1. The molecule has 0 unspecified atom stereocenters. The highest BCUT2D eigenvalue weighted by Gasteiger charge is 2.24. The van der Waals surface area contributed by atoms with Crippen LogP contribution in [0.4, 0.5) is 4.39 Å². The predicted molar refractivity (Wildman–Crippen MR) is 113 cm³/mol. The summed E-state index contributed by atoms with van der Waals surface area (Å²) in [5, 5.41) is 0.794. The van der Waals surface area contributed by atoms with E-state index in [1.165, 1.54) is 28.4 Å². The lowest BCUT2D eigenvalue weighted by molar-refractivity contribution is 0.0788. The minimum Gasteiger partial charge on any atom is -0.337 e. The van der Waals surface area contributed by atoms with Gasteiger partial charge in [0.05, 0.1) is 16.8 Å². The first-order valence-electron chi connectivity index (χ1n) is 9.59. The molecule has 2 aromatic heterocycles. The monoisotopic (exact) mass is 433 g/mol. The summed E-state index contributed by atoms with van der Waals surface area (Å²) in [6.07, 6.45) is 3.83. The van der Waals surface area contributed by atoms with Gasteiger partial charge >= 0.3 is 0 Å². The molecular formula is C21H21ClFN3O2S. The number of aromatic nitrogens is 2. The number of thiophene rings is 1. The summed E-state index contributed by atoms with van der Waals surface area (Å²) in [7, 11) is 1.60. The number of aryl methyl sites for hydroxylation is 2. The Morgan fingerprint density at radius 1 is 1.34 bits per heavy atom. The maximum absolute atomic E-state index is 14.1. The average Bonchev–Trinajstić information content (AvgIpc) is 2.86. The molecule has 0 N–H and O–H groups in total. The highest BCUT2D eigenvalue weighted by atomic mass is 35.5. The van der Waals surface area contributed by atoms with E-state index < -0.39 is 5.82 Å². The quantitative estimate of drug-likeness (QED) is 0.608. The third-order valence-corrected chi connectivity index (χ3v) is 6.94. The normalized spacial score (nSPS) is 13.9. The number of nitrogens with zero attached hydrogens (tertiary/aromatic N) is 3. The summed E-state index contributed by atoms with van der Waals surface area (Å²) in [4.78, 5) is 33.3. The van der Waals surface area contributed by atoms with E-state index in [0.29, 0.717) is 27.2 Å². The summed E-state index contributed by atoms with van der Waals surface area (Å²) >= 11 is 7.33. The molecule has 0 atom stereocenters. The van der Waals surface area contributed by atoms with Gasteiger partial charge in [0, 0.05) is 30.6 Å². The molecule has 8 heteroatoms. The first-order chi connectivity index (χ1) is 13.9. The average molecular weight is 434 g/mol. The van der Waals surface area contributed by atoms with Crippen molar-refractivity contribution < 1.29 is 9.18 Å². The van der Waals surface area contributed by atoms with Crippen molar-refractivity contribution in [3.05, 3.63) is 61.2 Å². The third kappa shape index (κ3) is 3.57. The summed E-state index contributed by atoms with van der Waals surface area (Å²) in [5.74, 6) is 0.0741. The number of carbonyl (C=O) groups excluding carboxylic acids is 1. The van der Waals surface area contributed by atoms with E-state index in [4.69, 9.17) is 16.6 Å². The maximum atomic E-state index is 14.1. The molecule has 0 fully saturated rings. The maximum Gasteiger partial charge on any atom is 0.264 e. The first kappa shape index (κ1) is 20.0. The summed E-state index contributed by atoms with van der Waals surface area (Å²) in [5.41, 5.74) is 0.840. The molecule has 0 spiro atoms. The van der Waals surface area contributed by atoms with Crippen LogP contribution in [-0.4, -0.2) is 27.4 Å². The van der Waals surface area contributed by atoms with Crippen molar-refractivity contribution in [3.63, 3.8) is 0 Å². The molecule has 0 bridgehead atoms.